The highest BCUT2D eigenvalue weighted by Crippen LogP contribution is 2.30. The molecule has 0 unspecified atom stereocenters. The van der Waals surface area contributed by atoms with E-state index in [0.29, 0.717) is 42.0 Å². The van der Waals surface area contributed by atoms with Crippen LogP contribution >= 0.6 is 0 Å². The highest BCUT2D eigenvalue weighted by Gasteiger charge is 2.20. The maximum absolute atomic E-state index is 10.8. The molecular formula is C21H24N4O5. The van der Waals surface area contributed by atoms with Crippen LogP contribution in [-0.4, -0.2) is 40.8 Å². The molecule has 3 aromatic rings. The van der Waals surface area contributed by atoms with Crippen molar-refractivity contribution in [1.82, 2.24) is 15.1 Å². The van der Waals surface area contributed by atoms with E-state index in [-0.39, 0.29) is 11.7 Å². The van der Waals surface area contributed by atoms with Gasteiger partial charge in [-0.2, -0.15) is 0 Å². The number of nitro groups is 1. The van der Waals surface area contributed by atoms with Crippen LogP contribution in [0.2, 0.25) is 0 Å². The molecule has 0 amide bonds. The van der Waals surface area contributed by atoms with Gasteiger partial charge < -0.3 is 13.9 Å². The lowest BCUT2D eigenvalue weighted by Gasteiger charge is -2.22. The Kier molecular flexibility index (Phi) is 6.63. The Morgan fingerprint density at radius 3 is 2.53 bits per heavy atom. The summed E-state index contributed by atoms with van der Waals surface area (Å²) in [6.07, 6.45) is 0. The molecule has 3 rings (SSSR count). The van der Waals surface area contributed by atoms with E-state index in [0.717, 1.165) is 5.56 Å². The predicted molar refractivity (Wildman–Crippen MR) is 110 cm³/mol. The monoisotopic (exact) mass is 412 g/mol. The molecule has 0 N–H and O–H groups in total. The Morgan fingerprint density at radius 2 is 1.90 bits per heavy atom. The summed E-state index contributed by atoms with van der Waals surface area (Å²) in [5.74, 6) is 2.18. The lowest BCUT2D eigenvalue weighted by atomic mass is 10.1. The Balaban J connectivity index is 1.71. The maximum Gasteiger partial charge on any atom is 0.269 e. The SMILES string of the molecule is CCOc1ccc(CN(C)[C@@H](C)c2nnc(-c3ccc([N+](=O)[O-])cc3)o2)cc1OC. The number of ether oxygens (including phenoxy) is 2. The Bertz CT molecular complexity index is 1000. The number of rotatable bonds is 9. The van der Waals surface area contributed by atoms with Crippen LogP contribution in [0, 0.1) is 10.1 Å². The van der Waals surface area contributed by atoms with Crippen LogP contribution in [0.15, 0.2) is 46.9 Å². The van der Waals surface area contributed by atoms with Crippen molar-refractivity contribution in [2.75, 3.05) is 20.8 Å². The summed E-state index contributed by atoms with van der Waals surface area (Å²) in [6.45, 7) is 5.11. The molecule has 0 bridgehead atoms. The van der Waals surface area contributed by atoms with Gasteiger partial charge >= 0.3 is 0 Å². The molecule has 1 atom stereocenters. The average molecular weight is 412 g/mol. The highest BCUT2D eigenvalue weighted by molar-refractivity contribution is 5.55. The second-order valence-corrected chi connectivity index (χ2v) is 6.76. The van der Waals surface area contributed by atoms with Crippen molar-refractivity contribution in [1.29, 1.82) is 0 Å². The summed E-state index contributed by atoms with van der Waals surface area (Å²) < 4.78 is 16.8. The van der Waals surface area contributed by atoms with Crippen molar-refractivity contribution >= 4 is 5.69 Å². The van der Waals surface area contributed by atoms with Gasteiger partial charge in [0.25, 0.3) is 5.69 Å². The van der Waals surface area contributed by atoms with E-state index < -0.39 is 4.92 Å². The minimum absolute atomic E-state index is 0.0115. The lowest BCUT2D eigenvalue weighted by molar-refractivity contribution is -0.384. The first kappa shape index (κ1) is 21.3. The Hall–Kier alpha value is -3.46. The number of methoxy groups -OCH3 is 1. The molecule has 9 heteroatoms. The Labute approximate surface area is 174 Å². The molecule has 0 saturated carbocycles. The molecule has 1 aromatic heterocycles. The Morgan fingerprint density at radius 1 is 1.17 bits per heavy atom. The van der Waals surface area contributed by atoms with Crippen molar-refractivity contribution in [2.45, 2.75) is 26.4 Å². The molecule has 0 radical (unpaired) electrons. The first-order valence-electron chi connectivity index (χ1n) is 9.51. The second-order valence-electron chi connectivity index (χ2n) is 6.76. The average Bonchev–Trinajstić information content (AvgIpc) is 3.24. The third-order valence-electron chi connectivity index (χ3n) is 4.74. The van der Waals surface area contributed by atoms with Crippen molar-refractivity contribution in [3.05, 3.63) is 64.0 Å². The molecular weight excluding hydrogens is 388 g/mol. The molecule has 0 fully saturated rings. The van der Waals surface area contributed by atoms with Crippen molar-refractivity contribution in [2.24, 2.45) is 0 Å². The van der Waals surface area contributed by atoms with Crippen LogP contribution in [0.4, 0.5) is 5.69 Å². The van der Waals surface area contributed by atoms with Crippen LogP contribution in [0.3, 0.4) is 0 Å². The normalized spacial score (nSPS) is 12.0. The molecule has 1 heterocycles. The van der Waals surface area contributed by atoms with Gasteiger partial charge in [0.15, 0.2) is 11.5 Å². The van der Waals surface area contributed by atoms with Gasteiger partial charge in [-0.25, -0.2) is 0 Å². The van der Waals surface area contributed by atoms with Gasteiger partial charge in [0, 0.05) is 24.2 Å². The van der Waals surface area contributed by atoms with Gasteiger partial charge in [-0.05, 0) is 50.7 Å². The summed E-state index contributed by atoms with van der Waals surface area (Å²) >= 11 is 0. The molecule has 0 spiro atoms. The first-order valence-corrected chi connectivity index (χ1v) is 9.51. The zero-order chi connectivity index (χ0) is 21.7. The first-order chi connectivity index (χ1) is 14.4. The standard InChI is InChI=1S/C21H24N4O5/c1-5-29-18-11-6-15(12-19(18)28-4)13-24(3)14(2)20-22-23-21(30-20)16-7-9-17(10-8-16)25(26)27/h6-12,14H,5,13H2,1-4H3/t14-/m0/s1. The van der Waals surface area contributed by atoms with Crippen LogP contribution in [0.1, 0.15) is 31.3 Å². The zero-order valence-electron chi connectivity index (χ0n) is 17.4. The van der Waals surface area contributed by atoms with Gasteiger partial charge in [0.2, 0.25) is 11.8 Å². The third kappa shape index (κ3) is 4.74. The molecule has 2 aromatic carbocycles. The van der Waals surface area contributed by atoms with E-state index in [1.54, 1.807) is 19.2 Å². The van der Waals surface area contributed by atoms with Gasteiger partial charge in [-0.1, -0.05) is 6.07 Å². The maximum atomic E-state index is 10.8. The number of nitrogens with zero attached hydrogens (tertiary/aromatic N) is 4. The number of hydrogen-bond donors (Lipinski definition) is 0. The van der Waals surface area contributed by atoms with Gasteiger partial charge in [-0.15, -0.1) is 10.2 Å². The minimum atomic E-state index is -0.448. The van der Waals surface area contributed by atoms with E-state index in [1.807, 2.05) is 39.1 Å². The van der Waals surface area contributed by atoms with Gasteiger partial charge in [-0.3, -0.25) is 15.0 Å². The summed E-state index contributed by atoms with van der Waals surface area (Å²) in [4.78, 5) is 12.4. The zero-order valence-corrected chi connectivity index (χ0v) is 17.4. The lowest BCUT2D eigenvalue weighted by Crippen LogP contribution is -2.22. The van der Waals surface area contributed by atoms with E-state index in [9.17, 15) is 10.1 Å². The third-order valence-corrected chi connectivity index (χ3v) is 4.74. The van der Waals surface area contributed by atoms with E-state index in [1.165, 1.54) is 12.1 Å². The number of non-ortho nitro benzene ring substituents is 1. The summed E-state index contributed by atoms with van der Waals surface area (Å²) in [7, 11) is 3.58. The minimum Gasteiger partial charge on any atom is -0.493 e. The van der Waals surface area contributed by atoms with Crippen LogP contribution in [0.25, 0.3) is 11.5 Å². The molecule has 0 aliphatic rings. The summed E-state index contributed by atoms with van der Waals surface area (Å²) in [5.41, 5.74) is 1.70. The second kappa shape index (κ2) is 9.36. The molecule has 0 aliphatic heterocycles. The smallest absolute Gasteiger partial charge is 0.269 e. The van der Waals surface area contributed by atoms with Crippen LogP contribution in [0.5, 0.6) is 11.5 Å². The molecule has 9 nitrogen and oxygen atoms in total. The van der Waals surface area contributed by atoms with Crippen molar-refractivity contribution in [3.63, 3.8) is 0 Å². The van der Waals surface area contributed by atoms with E-state index in [4.69, 9.17) is 13.9 Å². The summed E-state index contributed by atoms with van der Waals surface area (Å²) in [5, 5.41) is 19.0. The van der Waals surface area contributed by atoms with Gasteiger partial charge in [0.05, 0.1) is 24.7 Å². The topological polar surface area (TPSA) is 104 Å². The molecule has 0 aliphatic carbocycles. The van der Waals surface area contributed by atoms with Crippen LogP contribution in [-0.2, 0) is 6.54 Å². The van der Waals surface area contributed by atoms with E-state index in [2.05, 4.69) is 15.1 Å². The fourth-order valence-electron chi connectivity index (χ4n) is 2.94. The number of hydrogen-bond acceptors (Lipinski definition) is 8. The number of aromatic nitrogens is 2. The molecule has 30 heavy (non-hydrogen) atoms. The summed E-state index contributed by atoms with van der Waals surface area (Å²) in [6, 6.07) is 11.7. The fraction of sp³-hybridized carbons (Fsp3) is 0.333. The van der Waals surface area contributed by atoms with Crippen LogP contribution < -0.4 is 9.47 Å². The van der Waals surface area contributed by atoms with Crippen molar-refractivity contribution in [3.8, 4) is 23.0 Å². The largest absolute Gasteiger partial charge is 0.493 e. The fourth-order valence-corrected chi connectivity index (χ4v) is 2.94. The van der Waals surface area contributed by atoms with Crippen molar-refractivity contribution < 1.29 is 18.8 Å². The molecule has 158 valence electrons. The predicted octanol–water partition coefficient (Wildman–Crippen LogP) is 4.25. The van der Waals surface area contributed by atoms with Gasteiger partial charge in [0.1, 0.15) is 0 Å². The van der Waals surface area contributed by atoms with E-state index >= 15 is 0 Å². The number of nitro benzene ring substituents is 1. The number of benzene rings is 2. The quantitative estimate of drug-likeness (QED) is 0.380. The molecule has 0 saturated heterocycles. The highest BCUT2D eigenvalue weighted by atomic mass is 16.6.